The van der Waals surface area contributed by atoms with Crippen molar-refractivity contribution < 1.29 is 32.5 Å². The van der Waals surface area contributed by atoms with Gasteiger partial charge in [0, 0.05) is 25.6 Å². The van der Waals surface area contributed by atoms with E-state index in [1.54, 1.807) is 12.1 Å². The third-order valence-electron chi connectivity index (χ3n) is 7.20. The van der Waals surface area contributed by atoms with E-state index in [1.165, 1.54) is 30.0 Å². The van der Waals surface area contributed by atoms with Gasteiger partial charge in [0.1, 0.15) is 5.75 Å². The first-order chi connectivity index (χ1) is 16.9. The van der Waals surface area contributed by atoms with Crippen molar-refractivity contribution >= 4 is 15.9 Å². The Hall–Kier alpha value is -2.14. The van der Waals surface area contributed by atoms with E-state index >= 15 is 0 Å². The van der Waals surface area contributed by atoms with Crippen LogP contribution >= 0.6 is 0 Å². The molecule has 2 saturated carbocycles. The summed E-state index contributed by atoms with van der Waals surface area (Å²) in [7, 11) is -2.31. The number of aliphatic hydroxyl groups excluding tert-OH is 1. The number of hydrogen-bond donors (Lipinski definition) is 2. The third-order valence-corrected chi connectivity index (χ3v) is 9.11. The van der Waals surface area contributed by atoms with Crippen molar-refractivity contribution in [2.24, 2.45) is 11.8 Å². The number of amides is 1. The first-order valence-corrected chi connectivity index (χ1v) is 13.9. The van der Waals surface area contributed by atoms with Crippen LogP contribution in [-0.4, -0.2) is 69.5 Å². The minimum atomic E-state index is -3.82. The summed E-state index contributed by atoms with van der Waals surface area (Å²) in [5.41, 5.74) is 0. The molecule has 0 aromatic heterocycles. The van der Waals surface area contributed by atoms with Crippen LogP contribution in [0.25, 0.3) is 0 Å². The Bertz CT molecular complexity index is 988. The summed E-state index contributed by atoms with van der Waals surface area (Å²) in [6, 6.07) is 6.33. The van der Waals surface area contributed by atoms with Crippen LogP contribution < -0.4 is 10.1 Å². The molecule has 194 valence electrons. The van der Waals surface area contributed by atoms with Gasteiger partial charge in [-0.3, -0.25) is 4.79 Å². The van der Waals surface area contributed by atoms with E-state index in [9.17, 15) is 18.3 Å². The van der Waals surface area contributed by atoms with Crippen molar-refractivity contribution in [3.05, 3.63) is 36.1 Å². The lowest BCUT2D eigenvalue weighted by atomic mass is 9.73. The van der Waals surface area contributed by atoms with E-state index in [0.29, 0.717) is 23.8 Å². The maximum absolute atomic E-state index is 13.1. The number of carbonyl (C=O) groups excluding carboxylic acids is 1. The second-order valence-electron chi connectivity index (χ2n) is 9.44. The fourth-order valence-electron chi connectivity index (χ4n) is 4.60. The van der Waals surface area contributed by atoms with Gasteiger partial charge in [-0.05, 0) is 74.3 Å². The normalized spacial score (nSPS) is 23.1. The summed E-state index contributed by atoms with van der Waals surface area (Å²) >= 11 is 0. The average Bonchev–Trinajstić information content (AvgIpc) is 2.79. The maximum atomic E-state index is 13.1. The van der Waals surface area contributed by atoms with Gasteiger partial charge < -0.3 is 24.6 Å². The van der Waals surface area contributed by atoms with E-state index in [1.807, 2.05) is 6.08 Å². The highest BCUT2D eigenvalue weighted by molar-refractivity contribution is 7.89. The van der Waals surface area contributed by atoms with Gasteiger partial charge in [-0.15, -0.1) is 0 Å². The molecule has 0 bridgehead atoms. The van der Waals surface area contributed by atoms with Crippen LogP contribution in [0.15, 0.2) is 41.0 Å². The molecule has 0 spiro atoms. The number of nitrogens with zero attached hydrogens (tertiary/aromatic N) is 1. The predicted molar refractivity (Wildman–Crippen MR) is 129 cm³/mol. The van der Waals surface area contributed by atoms with Crippen molar-refractivity contribution in [2.45, 2.75) is 62.2 Å². The van der Waals surface area contributed by atoms with E-state index in [0.717, 1.165) is 32.1 Å². The highest BCUT2D eigenvalue weighted by atomic mass is 32.2. The van der Waals surface area contributed by atoms with Gasteiger partial charge in [0.2, 0.25) is 16.3 Å². The number of ether oxygens (including phenoxy) is 3. The van der Waals surface area contributed by atoms with Crippen LogP contribution in [0, 0.1) is 11.8 Å². The predicted octanol–water partition coefficient (Wildman–Crippen LogP) is 2.41. The Labute approximate surface area is 207 Å². The van der Waals surface area contributed by atoms with E-state index in [2.05, 4.69) is 5.32 Å². The molecular formula is C25H36N2O7S. The smallest absolute Gasteiger partial charge is 0.286 e. The molecule has 2 atom stereocenters. The van der Waals surface area contributed by atoms with Crippen LogP contribution in [0.4, 0.5) is 0 Å². The molecule has 2 aliphatic carbocycles. The highest BCUT2D eigenvalue weighted by Crippen LogP contribution is 2.40. The number of allylic oxidation sites excluding steroid dienone is 1. The second kappa shape index (κ2) is 11.7. The molecule has 1 aromatic carbocycles. The number of aliphatic hydroxyl groups is 1. The minimum Gasteiger partial charge on any atom is -0.497 e. The average molecular weight is 509 g/mol. The molecule has 1 amide bonds. The number of hydrogen-bond acceptors (Lipinski definition) is 7. The molecular weight excluding hydrogens is 472 g/mol. The standard InChI is InChI=1S/C25H36N2O7S/c1-32-21-8-10-22(11-9-21)35(30,31)27(12-14-28)13-15-33-24-17-19(18-4-2-5-18)16-23(34-24)25(29)26-20-6-3-7-20/h8-11,16,18-20,24,28H,2-7,12-15,17H2,1H3,(H,26,29)/t19-,24+/m0/s1. The zero-order valence-corrected chi connectivity index (χ0v) is 21.0. The SMILES string of the molecule is COc1ccc(S(=O)(=O)N(CCO)CCO[C@H]2C[C@@H](C3CCC3)C=C(C(=O)NC3CCC3)O2)cc1. The minimum absolute atomic E-state index is 0.0518. The summed E-state index contributed by atoms with van der Waals surface area (Å²) in [5, 5.41) is 12.5. The summed E-state index contributed by atoms with van der Waals surface area (Å²) in [6.07, 6.45) is 8.55. The van der Waals surface area contributed by atoms with Crippen LogP contribution in [-0.2, 0) is 24.3 Å². The lowest BCUT2D eigenvalue weighted by Gasteiger charge is -2.38. The number of rotatable bonds is 12. The molecule has 0 radical (unpaired) electrons. The molecule has 3 aliphatic rings. The number of sulfonamides is 1. The molecule has 1 heterocycles. The number of nitrogens with one attached hydrogen (secondary N) is 1. The highest BCUT2D eigenvalue weighted by Gasteiger charge is 2.35. The summed E-state index contributed by atoms with van der Waals surface area (Å²) in [6.45, 7) is -0.235. The van der Waals surface area contributed by atoms with Gasteiger partial charge in [0.25, 0.3) is 5.91 Å². The van der Waals surface area contributed by atoms with Crippen LogP contribution in [0.3, 0.4) is 0 Å². The van der Waals surface area contributed by atoms with Crippen LogP contribution in [0.1, 0.15) is 44.9 Å². The van der Waals surface area contributed by atoms with Crippen molar-refractivity contribution in [3.8, 4) is 5.75 Å². The molecule has 10 heteroatoms. The zero-order valence-electron chi connectivity index (χ0n) is 20.2. The van der Waals surface area contributed by atoms with Crippen molar-refractivity contribution in [1.82, 2.24) is 9.62 Å². The van der Waals surface area contributed by atoms with Gasteiger partial charge in [0.15, 0.2) is 5.76 Å². The topological polar surface area (TPSA) is 114 Å². The van der Waals surface area contributed by atoms with Gasteiger partial charge in [-0.2, -0.15) is 4.31 Å². The van der Waals surface area contributed by atoms with Gasteiger partial charge in [-0.1, -0.05) is 6.42 Å². The van der Waals surface area contributed by atoms with Crippen molar-refractivity contribution in [2.75, 3.05) is 33.4 Å². The molecule has 2 N–H and O–H groups in total. The summed E-state index contributed by atoms with van der Waals surface area (Å²) < 4.78 is 44.3. The largest absolute Gasteiger partial charge is 0.497 e. The van der Waals surface area contributed by atoms with Crippen LogP contribution in [0.5, 0.6) is 5.75 Å². The monoisotopic (exact) mass is 508 g/mol. The summed E-state index contributed by atoms with van der Waals surface area (Å²) in [5.74, 6) is 1.40. The molecule has 1 aromatic rings. The molecule has 4 rings (SSSR count). The number of carbonyl (C=O) groups is 1. The zero-order chi connectivity index (χ0) is 24.8. The number of methoxy groups -OCH3 is 1. The molecule has 9 nitrogen and oxygen atoms in total. The fourth-order valence-corrected chi connectivity index (χ4v) is 6.01. The molecule has 2 fully saturated rings. The Balaban J connectivity index is 1.37. The Morgan fingerprint density at radius 2 is 1.86 bits per heavy atom. The fraction of sp³-hybridized carbons (Fsp3) is 0.640. The van der Waals surface area contributed by atoms with E-state index in [-0.39, 0.29) is 49.1 Å². The quantitative estimate of drug-likeness (QED) is 0.446. The van der Waals surface area contributed by atoms with E-state index < -0.39 is 16.3 Å². The Morgan fingerprint density at radius 1 is 1.14 bits per heavy atom. The van der Waals surface area contributed by atoms with Gasteiger partial charge in [0.05, 0.1) is 25.2 Å². The number of benzene rings is 1. The van der Waals surface area contributed by atoms with Gasteiger partial charge >= 0.3 is 0 Å². The lowest BCUT2D eigenvalue weighted by molar-refractivity contribution is -0.153. The van der Waals surface area contributed by atoms with E-state index in [4.69, 9.17) is 14.2 Å². The van der Waals surface area contributed by atoms with Crippen molar-refractivity contribution in [1.29, 1.82) is 0 Å². The molecule has 0 unspecified atom stereocenters. The molecule has 0 saturated heterocycles. The Kier molecular flexibility index (Phi) is 8.69. The van der Waals surface area contributed by atoms with Crippen molar-refractivity contribution in [3.63, 3.8) is 0 Å². The lowest BCUT2D eigenvalue weighted by Crippen LogP contribution is -2.43. The molecule has 1 aliphatic heterocycles. The van der Waals surface area contributed by atoms with Gasteiger partial charge in [-0.25, -0.2) is 8.42 Å². The second-order valence-corrected chi connectivity index (χ2v) is 11.4. The summed E-state index contributed by atoms with van der Waals surface area (Å²) in [4.78, 5) is 12.9. The molecule has 35 heavy (non-hydrogen) atoms. The Morgan fingerprint density at radius 3 is 2.43 bits per heavy atom. The third kappa shape index (κ3) is 6.35. The first-order valence-electron chi connectivity index (χ1n) is 12.5. The van der Waals surface area contributed by atoms with Crippen LogP contribution in [0.2, 0.25) is 0 Å². The first kappa shape index (κ1) is 25.9. The maximum Gasteiger partial charge on any atom is 0.286 e.